The van der Waals surface area contributed by atoms with Crippen molar-refractivity contribution in [1.29, 1.82) is 0 Å². The molecule has 1 aliphatic rings. The quantitative estimate of drug-likeness (QED) is 0.474. The minimum atomic E-state index is 0. The maximum absolute atomic E-state index is 5.98. The fourth-order valence-corrected chi connectivity index (χ4v) is 1.83. The van der Waals surface area contributed by atoms with E-state index >= 15 is 0 Å². The molecule has 2 N–H and O–H groups in total. The van der Waals surface area contributed by atoms with Crippen LogP contribution in [0, 0.1) is 5.92 Å². The van der Waals surface area contributed by atoms with Crippen LogP contribution in [-0.2, 0) is 0 Å². The summed E-state index contributed by atoms with van der Waals surface area (Å²) in [5.41, 5.74) is 5.98. The zero-order chi connectivity index (χ0) is 12.0. The van der Waals surface area contributed by atoms with Crippen LogP contribution >= 0.6 is 24.0 Å². The van der Waals surface area contributed by atoms with E-state index in [4.69, 9.17) is 5.73 Å². The van der Waals surface area contributed by atoms with Crippen molar-refractivity contribution in [3.05, 3.63) is 0 Å². The average Bonchev–Trinajstić information content (AvgIpc) is 2.29. The Balaban J connectivity index is 0.00000256. The zero-order valence-electron chi connectivity index (χ0n) is 11.4. The number of likely N-dealkylation sites (tertiary alicyclic amines) is 1. The number of aliphatic imine (C=N–C) groups is 1. The normalized spacial score (nSPS) is 18.4. The van der Waals surface area contributed by atoms with Crippen molar-refractivity contribution < 1.29 is 0 Å². The summed E-state index contributed by atoms with van der Waals surface area (Å²) in [6.07, 6.45) is 2.48. The highest BCUT2D eigenvalue weighted by Crippen LogP contribution is 2.15. The lowest BCUT2D eigenvalue weighted by atomic mass is 10.00. The predicted molar refractivity (Wildman–Crippen MR) is 85.0 cm³/mol. The van der Waals surface area contributed by atoms with E-state index in [2.05, 4.69) is 35.7 Å². The van der Waals surface area contributed by atoms with Crippen LogP contribution < -0.4 is 5.73 Å². The third-order valence-electron chi connectivity index (χ3n) is 3.40. The van der Waals surface area contributed by atoms with Crippen LogP contribution in [0.4, 0.5) is 0 Å². The van der Waals surface area contributed by atoms with Gasteiger partial charge in [0, 0.05) is 19.6 Å². The number of nitrogens with zero attached hydrogens (tertiary/aromatic N) is 3. The van der Waals surface area contributed by atoms with Crippen LogP contribution in [0.15, 0.2) is 4.99 Å². The lowest BCUT2D eigenvalue weighted by Gasteiger charge is -2.31. The molecule has 0 bridgehead atoms. The van der Waals surface area contributed by atoms with Gasteiger partial charge in [0.25, 0.3) is 0 Å². The number of halogens is 1. The highest BCUT2D eigenvalue weighted by molar-refractivity contribution is 14.0. The van der Waals surface area contributed by atoms with E-state index in [1.165, 1.54) is 12.8 Å². The lowest BCUT2D eigenvalue weighted by molar-refractivity contribution is 0.277. The lowest BCUT2D eigenvalue weighted by Crippen LogP contribution is -2.42. The molecule has 5 heteroatoms. The second-order valence-corrected chi connectivity index (χ2v) is 4.81. The molecule has 0 atom stereocenters. The van der Waals surface area contributed by atoms with Gasteiger partial charge < -0.3 is 15.5 Å². The number of likely N-dealkylation sites (N-methyl/N-ethyl adjacent to an activating group) is 1. The second kappa shape index (κ2) is 8.97. The molecule has 17 heavy (non-hydrogen) atoms. The molecule has 1 fully saturated rings. The molecule has 0 aromatic rings. The van der Waals surface area contributed by atoms with Crippen LogP contribution in [0.25, 0.3) is 0 Å². The van der Waals surface area contributed by atoms with Crippen molar-refractivity contribution >= 4 is 29.9 Å². The third-order valence-corrected chi connectivity index (χ3v) is 3.40. The molecule has 0 aromatic carbocycles. The maximum atomic E-state index is 5.98. The Morgan fingerprint density at radius 3 is 2.53 bits per heavy atom. The van der Waals surface area contributed by atoms with Gasteiger partial charge >= 0.3 is 0 Å². The van der Waals surface area contributed by atoms with E-state index in [1.807, 2.05) is 0 Å². The Kier molecular flexibility index (Phi) is 8.94. The molecule has 0 unspecified atom stereocenters. The summed E-state index contributed by atoms with van der Waals surface area (Å²) in [7, 11) is 2.11. The Hall–Kier alpha value is -0.0400. The van der Waals surface area contributed by atoms with E-state index < -0.39 is 0 Å². The van der Waals surface area contributed by atoms with Crippen LogP contribution in [0.3, 0.4) is 0 Å². The fraction of sp³-hybridized carbons (Fsp3) is 0.917. The van der Waals surface area contributed by atoms with Crippen LogP contribution in [-0.4, -0.2) is 55.5 Å². The van der Waals surface area contributed by atoms with Gasteiger partial charge in [-0.3, -0.25) is 4.99 Å². The molecule has 1 saturated heterocycles. The molecule has 1 aliphatic heterocycles. The Bertz CT molecular complexity index is 225. The summed E-state index contributed by atoms with van der Waals surface area (Å²) in [5, 5.41) is 0. The first-order valence-corrected chi connectivity index (χ1v) is 6.37. The van der Waals surface area contributed by atoms with E-state index in [1.54, 1.807) is 0 Å². The van der Waals surface area contributed by atoms with E-state index in [0.717, 1.165) is 44.6 Å². The number of nitrogens with two attached hydrogens (primary N) is 1. The topological polar surface area (TPSA) is 44.9 Å². The van der Waals surface area contributed by atoms with Crippen LogP contribution in [0.1, 0.15) is 26.7 Å². The first kappa shape index (κ1) is 17.0. The van der Waals surface area contributed by atoms with Crippen molar-refractivity contribution in [2.75, 3.05) is 39.8 Å². The molecule has 0 aromatic heterocycles. The van der Waals surface area contributed by atoms with Crippen molar-refractivity contribution in [1.82, 2.24) is 9.80 Å². The summed E-state index contributed by atoms with van der Waals surface area (Å²) in [4.78, 5) is 8.90. The zero-order valence-corrected chi connectivity index (χ0v) is 13.7. The van der Waals surface area contributed by atoms with Crippen molar-refractivity contribution in [2.45, 2.75) is 26.7 Å². The van der Waals surface area contributed by atoms with E-state index in [-0.39, 0.29) is 24.0 Å². The van der Waals surface area contributed by atoms with Crippen LogP contribution in [0.2, 0.25) is 0 Å². The van der Waals surface area contributed by atoms with Crippen molar-refractivity contribution in [3.8, 4) is 0 Å². The summed E-state index contributed by atoms with van der Waals surface area (Å²) in [5.74, 6) is 1.58. The Labute approximate surface area is 123 Å². The summed E-state index contributed by atoms with van der Waals surface area (Å²) < 4.78 is 0. The molecule has 1 rings (SSSR count). The number of rotatable bonds is 4. The van der Waals surface area contributed by atoms with Crippen molar-refractivity contribution in [3.63, 3.8) is 0 Å². The van der Waals surface area contributed by atoms with E-state index in [9.17, 15) is 0 Å². The summed E-state index contributed by atoms with van der Waals surface area (Å²) in [6.45, 7) is 9.46. The molecule has 0 amide bonds. The van der Waals surface area contributed by atoms with Gasteiger partial charge in [0.05, 0.1) is 6.54 Å². The van der Waals surface area contributed by atoms with Gasteiger partial charge in [-0.2, -0.15) is 0 Å². The largest absolute Gasteiger partial charge is 0.370 e. The van der Waals surface area contributed by atoms with Gasteiger partial charge in [0.15, 0.2) is 5.96 Å². The van der Waals surface area contributed by atoms with Gasteiger partial charge in [-0.15, -0.1) is 24.0 Å². The molecule has 1 heterocycles. The van der Waals surface area contributed by atoms with Crippen LogP contribution in [0.5, 0.6) is 0 Å². The van der Waals surface area contributed by atoms with Gasteiger partial charge in [-0.05, 0) is 32.4 Å². The second-order valence-electron chi connectivity index (χ2n) is 4.81. The van der Waals surface area contributed by atoms with E-state index in [0.29, 0.717) is 0 Å². The number of hydrogen-bond donors (Lipinski definition) is 1. The highest BCUT2D eigenvalue weighted by Gasteiger charge is 2.16. The highest BCUT2D eigenvalue weighted by atomic mass is 127. The minimum absolute atomic E-state index is 0. The standard InChI is InChI=1S/C12H26N4.HI/c1-4-15(3)10-7-14-12(13)16-8-5-11(2)6-9-16;/h11H,4-10H2,1-3H3,(H2,13,14);1H. The van der Waals surface area contributed by atoms with Gasteiger partial charge in [-0.1, -0.05) is 13.8 Å². The average molecular weight is 354 g/mol. The van der Waals surface area contributed by atoms with Crippen molar-refractivity contribution in [2.24, 2.45) is 16.6 Å². The third kappa shape index (κ3) is 6.45. The molecule has 102 valence electrons. The van der Waals surface area contributed by atoms with Gasteiger partial charge in [0.2, 0.25) is 0 Å². The number of piperidine rings is 1. The maximum Gasteiger partial charge on any atom is 0.191 e. The number of guanidine groups is 1. The Morgan fingerprint density at radius 2 is 2.00 bits per heavy atom. The summed E-state index contributed by atoms with van der Waals surface area (Å²) >= 11 is 0. The predicted octanol–water partition coefficient (Wildman–Crippen LogP) is 1.60. The first-order chi connectivity index (χ1) is 7.63. The molecule has 0 spiro atoms. The molecule has 4 nitrogen and oxygen atoms in total. The smallest absolute Gasteiger partial charge is 0.191 e. The Morgan fingerprint density at radius 1 is 1.41 bits per heavy atom. The summed E-state index contributed by atoms with van der Waals surface area (Å²) in [6, 6.07) is 0. The van der Waals surface area contributed by atoms with Gasteiger partial charge in [-0.25, -0.2) is 0 Å². The molecular weight excluding hydrogens is 327 g/mol. The molecule has 0 saturated carbocycles. The minimum Gasteiger partial charge on any atom is -0.370 e. The molecule has 0 aliphatic carbocycles. The first-order valence-electron chi connectivity index (χ1n) is 6.37. The SMILES string of the molecule is CCN(C)CCN=C(N)N1CCC(C)CC1.I. The number of hydrogen-bond acceptors (Lipinski definition) is 2. The van der Waals surface area contributed by atoms with Gasteiger partial charge in [0.1, 0.15) is 0 Å². The molecular formula is C12H27IN4. The fourth-order valence-electron chi connectivity index (χ4n) is 1.83. The molecule has 0 radical (unpaired) electrons. The monoisotopic (exact) mass is 354 g/mol.